The van der Waals surface area contributed by atoms with Gasteiger partial charge in [0.25, 0.3) is 0 Å². The van der Waals surface area contributed by atoms with Gasteiger partial charge in [-0.05, 0) is 41.5 Å². The van der Waals surface area contributed by atoms with Gasteiger partial charge in [0.15, 0.2) is 12.2 Å². The van der Waals surface area contributed by atoms with Crippen LogP contribution in [-0.2, 0) is 28.5 Å². The van der Waals surface area contributed by atoms with Gasteiger partial charge in [0.2, 0.25) is 0 Å². The van der Waals surface area contributed by atoms with Gasteiger partial charge in [0.1, 0.15) is 11.2 Å². The molecule has 0 bridgehead atoms. The van der Waals surface area contributed by atoms with Crippen molar-refractivity contribution in [1.82, 2.24) is 10.6 Å². The monoisotopic (exact) mass is 466 g/mol. The lowest BCUT2D eigenvalue weighted by molar-refractivity contribution is -0.152. The number of hydrogen-bond acceptors (Lipinski definition) is 9. The fraction of sp³-hybridized carbons (Fsp3) is 0.800. The van der Waals surface area contributed by atoms with E-state index in [0.717, 1.165) is 0 Å². The lowest BCUT2D eigenvalue weighted by Gasteiger charge is -2.20. The van der Waals surface area contributed by atoms with Gasteiger partial charge in [-0.25, -0.2) is 19.2 Å². The number of carboxylic acid groups (broad SMARTS) is 1. The summed E-state index contributed by atoms with van der Waals surface area (Å²) in [5.74, 6) is -1.76. The van der Waals surface area contributed by atoms with E-state index in [-0.39, 0.29) is 19.5 Å². The molecule has 2 amide bonds. The van der Waals surface area contributed by atoms with E-state index >= 15 is 0 Å². The summed E-state index contributed by atoms with van der Waals surface area (Å²) in [6, 6.07) is 0. The van der Waals surface area contributed by atoms with Crippen LogP contribution in [0.5, 0.6) is 0 Å². The number of ether oxygens (including phenoxy) is 4. The van der Waals surface area contributed by atoms with E-state index in [9.17, 15) is 19.2 Å². The highest BCUT2D eigenvalue weighted by atomic mass is 16.6. The number of aliphatic carboxylic acids is 1. The highest BCUT2D eigenvalue weighted by Gasteiger charge is 2.20. The normalized spacial score (nSPS) is 12.9. The van der Waals surface area contributed by atoms with Crippen molar-refractivity contribution in [3.05, 3.63) is 0 Å². The number of alkyl carbamates (subject to hydrolysis) is 2. The first-order valence-corrected chi connectivity index (χ1v) is 9.97. The number of methoxy groups -OCH3 is 2. The van der Waals surface area contributed by atoms with Crippen LogP contribution in [0.25, 0.3) is 0 Å². The highest BCUT2D eigenvalue weighted by Crippen LogP contribution is 2.07. The maximum absolute atomic E-state index is 11.3. The summed E-state index contributed by atoms with van der Waals surface area (Å²) in [5.41, 5.74) is -1.12. The van der Waals surface area contributed by atoms with Crippen molar-refractivity contribution in [2.24, 2.45) is 0 Å². The average Bonchev–Trinajstić information content (AvgIpc) is 2.62. The summed E-state index contributed by atoms with van der Waals surface area (Å²) in [7, 11) is 2.70. The molecule has 0 heterocycles. The van der Waals surface area contributed by atoms with Gasteiger partial charge in [-0.2, -0.15) is 0 Å². The molecule has 0 aromatic heterocycles. The molecule has 32 heavy (non-hydrogen) atoms. The Kier molecular flexibility index (Phi) is 15.0. The maximum Gasteiger partial charge on any atom is 0.407 e. The molecule has 4 N–H and O–H groups in total. The molecule has 188 valence electrons. The molecule has 0 aromatic rings. The fourth-order valence-electron chi connectivity index (χ4n) is 1.83. The number of esters is 1. The molecule has 12 nitrogen and oxygen atoms in total. The smallest absolute Gasteiger partial charge is 0.407 e. The summed E-state index contributed by atoms with van der Waals surface area (Å²) in [6.45, 7) is 10.8. The van der Waals surface area contributed by atoms with Crippen LogP contribution in [0.1, 0.15) is 54.4 Å². The molecule has 2 unspecified atom stereocenters. The van der Waals surface area contributed by atoms with Gasteiger partial charge in [-0.3, -0.25) is 0 Å². The van der Waals surface area contributed by atoms with E-state index in [1.54, 1.807) is 41.5 Å². The van der Waals surface area contributed by atoms with E-state index < -0.39 is 47.5 Å². The minimum absolute atomic E-state index is 0.0470. The number of carbonyl (C=O) groups excluding carboxylic acids is 3. The molecule has 0 aliphatic rings. The summed E-state index contributed by atoms with van der Waals surface area (Å²) in [5, 5.41) is 22.1. The zero-order chi connectivity index (χ0) is 25.5. The van der Waals surface area contributed by atoms with Crippen LogP contribution in [0.3, 0.4) is 0 Å². The van der Waals surface area contributed by atoms with Crippen LogP contribution in [0.2, 0.25) is 0 Å². The van der Waals surface area contributed by atoms with Crippen molar-refractivity contribution in [3.63, 3.8) is 0 Å². The second-order valence-electron chi connectivity index (χ2n) is 8.54. The number of rotatable bonds is 9. The van der Waals surface area contributed by atoms with Gasteiger partial charge < -0.3 is 39.8 Å². The molecule has 0 radical (unpaired) electrons. The van der Waals surface area contributed by atoms with E-state index in [4.69, 9.17) is 24.4 Å². The van der Waals surface area contributed by atoms with Gasteiger partial charge in [-0.15, -0.1) is 0 Å². The Bertz CT molecular complexity index is 596. The lowest BCUT2D eigenvalue weighted by Crippen LogP contribution is -2.35. The summed E-state index contributed by atoms with van der Waals surface area (Å²) >= 11 is 0. The van der Waals surface area contributed by atoms with Crippen molar-refractivity contribution in [2.75, 3.05) is 27.3 Å². The molecule has 0 saturated carbocycles. The van der Waals surface area contributed by atoms with Gasteiger partial charge in [-0.1, -0.05) is 0 Å². The van der Waals surface area contributed by atoms with Crippen LogP contribution < -0.4 is 10.6 Å². The van der Waals surface area contributed by atoms with Crippen molar-refractivity contribution in [1.29, 1.82) is 0 Å². The highest BCUT2D eigenvalue weighted by molar-refractivity contribution is 5.74. The Morgan fingerprint density at radius 1 is 0.812 bits per heavy atom. The Morgan fingerprint density at radius 3 is 1.53 bits per heavy atom. The van der Waals surface area contributed by atoms with Crippen LogP contribution >= 0.6 is 0 Å². The SMILES string of the molecule is CC(C)(C)OC(=O)NCCC(O)C(=O)O.COC(=O)C(CCNC(=O)OC(C)(C)C)OC. The largest absolute Gasteiger partial charge is 0.479 e. The molecule has 0 aromatic carbocycles. The molecular formula is C20H38N2O10. The van der Waals surface area contributed by atoms with Crippen LogP contribution in [-0.4, -0.2) is 85.1 Å². The third-order valence-corrected chi connectivity index (χ3v) is 3.19. The summed E-state index contributed by atoms with van der Waals surface area (Å²) < 4.78 is 19.4. The van der Waals surface area contributed by atoms with Crippen LogP contribution in [0.15, 0.2) is 0 Å². The molecule has 0 fully saturated rings. The van der Waals surface area contributed by atoms with Gasteiger partial charge in [0, 0.05) is 33.0 Å². The summed E-state index contributed by atoms with van der Waals surface area (Å²) in [6.07, 6.45) is -2.98. The lowest BCUT2D eigenvalue weighted by atomic mass is 10.2. The Morgan fingerprint density at radius 2 is 1.22 bits per heavy atom. The molecule has 0 aliphatic carbocycles. The molecule has 0 saturated heterocycles. The van der Waals surface area contributed by atoms with Gasteiger partial charge in [0.05, 0.1) is 7.11 Å². The first-order valence-electron chi connectivity index (χ1n) is 9.97. The average molecular weight is 467 g/mol. The predicted molar refractivity (Wildman–Crippen MR) is 114 cm³/mol. The van der Waals surface area contributed by atoms with E-state index in [2.05, 4.69) is 15.4 Å². The quantitative estimate of drug-likeness (QED) is 0.288. The maximum atomic E-state index is 11.3. The van der Waals surface area contributed by atoms with Crippen LogP contribution in [0.4, 0.5) is 9.59 Å². The predicted octanol–water partition coefficient (Wildman–Crippen LogP) is 1.44. The summed E-state index contributed by atoms with van der Waals surface area (Å²) in [4.78, 5) is 43.7. The molecule has 0 aliphatic heterocycles. The molecule has 2 atom stereocenters. The molecule has 0 rings (SSSR count). The number of hydrogen-bond donors (Lipinski definition) is 4. The topological polar surface area (TPSA) is 170 Å². The second-order valence-corrected chi connectivity index (χ2v) is 8.54. The number of aliphatic hydroxyl groups is 1. The van der Waals surface area contributed by atoms with Crippen molar-refractivity contribution in [2.45, 2.75) is 77.8 Å². The Hall–Kier alpha value is -2.60. The van der Waals surface area contributed by atoms with E-state index in [0.29, 0.717) is 6.42 Å². The first-order chi connectivity index (χ1) is 14.5. The Balaban J connectivity index is 0. The van der Waals surface area contributed by atoms with E-state index in [1.807, 2.05) is 0 Å². The minimum Gasteiger partial charge on any atom is -0.479 e. The standard InChI is InChI=1S/C11H21NO5.C9H17NO5/c1-11(2,3)17-10(14)12-7-6-8(15-4)9(13)16-5;1-9(2,3)15-8(14)10-5-4-6(11)7(12)13/h8H,6-7H2,1-5H3,(H,12,14);6,11H,4-5H2,1-3H3,(H,10,14)(H,12,13). The zero-order valence-electron chi connectivity index (χ0n) is 20.1. The number of aliphatic hydroxyl groups excluding tert-OH is 1. The molecule has 12 heteroatoms. The number of carboxylic acids is 1. The van der Waals surface area contributed by atoms with Crippen molar-refractivity contribution >= 4 is 24.1 Å². The number of nitrogens with one attached hydrogen (secondary N) is 2. The molecular weight excluding hydrogens is 428 g/mol. The Labute approximate surface area is 188 Å². The second kappa shape index (κ2) is 15.2. The first kappa shape index (κ1) is 31.6. The van der Waals surface area contributed by atoms with Crippen LogP contribution in [0, 0.1) is 0 Å². The third-order valence-electron chi connectivity index (χ3n) is 3.19. The van der Waals surface area contributed by atoms with Crippen molar-refractivity contribution < 1.29 is 48.3 Å². The van der Waals surface area contributed by atoms with Gasteiger partial charge >= 0.3 is 24.1 Å². The van der Waals surface area contributed by atoms with Crippen molar-refractivity contribution in [3.8, 4) is 0 Å². The zero-order valence-corrected chi connectivity index (χ0v) is 20.1. The number of amides is 2. The van der Waals surface area contributed by atoms with E-state index in [1.165, 1.54) is 14.2 Å². The minimum atomic E-state index is -1.46. The number of carbonyl (C=O) groups is 4. The fourth-order valence-corrected chi connectivity index (χ4v) is 1.83. The third kappa shape index (κ3) is 19.4. The molecule has 0 spiro atoms.